The Hall–Kier alpha value is -2.42. The van der Waals surface area contributed by atoms with Crippen LogP contribution >= 0.6 is 11.6 Å². The third kappa shape index (κ3) is 5.79. The first kappa shape index (κ1) is 22.9. The van der Waals surface area contributed by atoms with E-state index in [-0.39, 0.29) is 17.3 Å². The second-order valence-electron chi connectivity index (χ2n) is 6.51. The van der Waals surface area contributed by atoms with Crippen molar-refractivity contribution < 1.29 is 18.0 Å². The molecule has 2 aromatic rings. The fourth-order valence-corrected chi connectivity index (χ4v) is 3.97. The molecule has 2 amide bonds. The molecule has 0 radical (unpaired) electrons. The van der Waals surface area contributed by atoms with Crippen LogP contribution in [0.3, 0.4) is 0 Å². The van der Waals surface area contributed by atoms with Crippen LogP contribution in [0.2, 0.25) is 5.02 Å². The number of sulfonamides is 1. The molecule has 0 aromatic heterocycles. The molecule has 0 aliphatic carbocycles. The summed E-state index contributed by atoms with van der Waals surface area (Å²) in [6.45, 7) is 1.38. The predicted octanol–water partition coefficient (Wildman–Crippen LogP) is 2.12. The molecule has 0 heterocycles. The lowest BCUT2D eigenvalue weighted by Gasteiger charge is -2.30. The standard InChI is InChI=1S/C20H24ClN3O4S/c1-15(20(26)22-2)24(13-16-7-5-4-6-8-16)19(25)14-23(3)29(27,28)18-11-9-17(21)10-12-18/h4-12,15H,13-14H2,1-3H3,(H,22,26)/t15-/m1/s1. The quantitative estimate of drug-likeness (QED) is 0.685. The van der Waals surface area contributed by atoms with Crippen LogP contribution in [0.15, 0.2) is 59.5 Å². The van der Waals surface area contributed by atoms with Crippen molar-refractivity contribution in [2.75, 3.05) is 20.6 Å². The Bertz CT molecular complexity index is 949. The van der Waals surface area contributed by atoms with Crippen molar-refractivity contribution >= 4 is 33.4 Å². The Morgan fingerprint density at radius 1 is 1.07 bits per heavy atom. The lowest BCUT2D eigenvalue weighted by atomic mass is 10.1. The van der Waals surface area contributed by atoms with Gasteiger partial charge in [-0.05, 0) is 36.8 Å². The molecule has 0 fully saturated rings. The fraction of sp³-hybridized carbons (Fsp3) is 0.300. The molecule has 0 spiro atoms. The summed E-state index contributed by atoms with van der Waals surface area (Å²) in [6, 6.07) is 14.1. The zero-order valence-corrected chi connectivity index (χ0v) is 18.1. The molecule has 9 heteroatoms. The van der Waals surface area contributed by atoms with Gasteiger partial charge in [0.2, 0.25) is 21.8 Å². The van der Waals surface area contributed by atoms with Crippen molar-refractivity contribution in [1.29, 1.82) is 0 Å². The summed E-state index contributed by atoms with van der Waals surface area (Å²) in [5.41, 5.74) is 0.833. The number of nitrogens with one attached hydrogen (secondary N) is 1. The molecule has 0 aliphatic heterocycles. The average Bonchev–Trinajstić information content (AvgIpc) is 2.71. The molecular weight excluding hydrogens is 414 g/mol. The maximum Gasteiger partial charge on any atom is 0.243 e. The van der Waals surface area contributed by atoms with E-state index in [9.17, 15) is 18.0 Å². The third-order valence-electron chi connectivity index (χ3n) is 4.49. The third-order valence-corrected chi connectivity index (χ3v) is 6.56. The molecule has 1 atom stereocenters. The molecule has 29 heavy (non-hydrogen) atoms. The van der Waals surface area contributed by atoms with Crippen LogP contribution in [-0.2, 0) is 26.2 Å². The summed E-state index contributed by atoms with van der Waals surface area (Å²) in [5, 5.41) is 2.94. The highest BCUT2D eigenvalue weighted by Crippen LogP contribution is 2.18. The zero-order chi connectivity index (χ0) is 21.6. The number of benzene rings is 2. The second kappa shape index (κ2) is 9.87. The van der Waals surface area contributed by atoms with Gasteiger partial charge in [0.05, 0.1) is 11.4 Å². The van der Waals surface area contributed by atoms with Gasteiger partial charge in [-0.1, -0.05) is 41.9 Å². The molecule has 156 valence electrons. The van der Waals surface area contributed by atoms with E-state index in [4.69, 9.17) is 11.6 Å². The van der Waals surface area contributed by atoms with Crippen LogP contribution in [0.5, 0.6) is 0 Å². The number of carbonyl (C=O) groups excluding carboxylic acids is 2. The Labute approximate surface area is 176 Å². The molecule has 1 N–H and O–H groups in total. The van der Waals surface area contributed by atoms with E-state index in [2.05, 4.69) is 5.32 Å². The summed E-state index contributed by atoms with van der Waals surface area (Å²) >= 11 is 5.82. The zero-order valence-electron chi connectivity index (χ0n) is 16.5. The molecule has 2 aromatic carbocycles. The SMILES string of the molecule is CNC(=O)[C@@H](C)N(Cc1ccccc1)C(=O)CN(C)S(=O)(=O)c1ccc(Cl)cc1. The van der Waals surface area contributed by atoms with Gasteiger partial charge < -0.3 is 10.2 Å². The maximum atomic E-state index is 13.0. The number of halogens is 1. The van der Waals surface area contributed by atoms with E-state index in [0.717, 1.165) is 9.87 Å². The number of amides is 2. The minimum Gasteiger partial charge on any atom is -0.357 e. The molecular formula is C20H24ClN3O4S. The number of likely N-dealkylation sites (N-methyl/N-ethyl adjacent to an activating group) is 2. The molecule has 0 saturated heterocycles. The monoisotopic (exact) mass is 437 g/mol. The molecule has 0 unspecified atom stereocenters. The topological polar surface area (TPSA) is 86.8 Å². The number of rotatable bonds is 8. The average molecular weight is 438 g/mol. The Morgan fingerprint density at radius 3 is 2.21 bits per heavy atom. The second-order valence-corrected chi connectivity index (χ2v) is 8.99. The van der Waals surface area contributed by atoms with Crippen molar-refractivity contribution in [2.24, 2.45) is 0 Å². The van der Waals surface area contributed by atoms with E-state index in [1.165, 1.54) is 43.3 Å². The van der Waals surface area contributed by atoms with E-state index in [1.807, 2.05) is 30.3 Å². The van der Waals surface area contributed by atoms with Crippen molar-refractivity contribution in [2.45, 2.75) is 24.4 Å². The molecule has 0 bridgehead atoms. The van der Waals surface area contributed by atoms with Crippen LogP contribution in [0.25, 0.3) is 0 Å². The van der Waals surface area contributed by atoms with Gasteiger partial charge in [-0.15, -0.1) is 0 Å². The van der Waals surface area contributed by atoms with Gasteiger partial charge in [0, 0.05) is 25.7 Å². The minimum atomic E-state index is -3.88. The smallest absolute Gasteiger partial charge is 0.243 e. The van der Waals surface area contributed by atoms with Gasteiger partial charge in [0.1, 0.15) is 6.04 Å². The van der Waals surface area contributed by atoms with Gasteiger partial charge in [0.25, 0.3) is 0 Å². The van der Waals surface area contributed by atoms with E-state index >= 15 is 0 Å². The lowest BCUT2D eigenvalue weighted by Crippen LogP contribution is -2.50. The minimum absolute atomic E-state index is 0.0335. The van der Waals surface area contributed by atoms with Crippen molar-refractivity contribution in [3.05, 3.63) is 65.2 Å². The highest BCUT2D eigenvalue weighted by molar-refractivity contribution is 7.89. The summed E-state index contributed by atoms with van der Waals surface area (Å²) < 4.78 is 26.5. The van der Waals surface area contributed by atoms with Gasteiger partial charge in [0.15, 0.2) is 0 Å². The molecule has 0 aliphatic rings. The van der Waals surface area contributed by atoms with Crippen LogP contribution in [0.4, 0.5) is 0 Å². The highest BCUT2D eigenvalue weighted by Gasteiger charge is 2.29. The summed E-state index contributed by atoms with van der Waals surface area (Å²) in [5.74, 6) is -0.817. The largest absolute Gasteiger partial charge is 0.357 e. The maximum absolute atomic E-state index is 13.0. The van der Waals surface area contributed by atoms with Crippen molar-refractivity contribution in [3.63, 3.8) is 0 Å². The number of hydrogen-bond acceptors (Lipinski definition) is 4. The van der Waals surface area contributed by atoms with Crippen molar-refractivity contribution in [3.8, 4) is 0 Å². The number of carbonyl (C=O) groups is 2. The predicted molar refractivity (Wildman–Crippen MR) is 112 cm³/mol. The first-order chi connectivity index (χ1) is 13.7. The van der Waals surface area contributed by atoms with Crippen LogP contribution in [0.1, 0.15) is 12.5 Å². The normalized spacial score (nSPS) is 12.4. The summed E-state index contributed by atoms with van der Waals surface area (Å²) in [6.07, 6.45) is 0. The Balaban J connectivity index is 2.23. The Kier molecular flexibility index (Phi) is 7.78. The van der Waals surface area contributed by atoms with E-state index in [1.54, 1.807) is 6.92 Å². The molecule has 2 rings (SSSR count). The first-order valence-corrected chi connectivity index (χ1v) is 10.8. The highest BCUT2D eigenvalue weighted by atomic mass is 35.5. The summed E-state index contributed by atoms with van der Waals surface area (Å²) in [4.78, 5) is 26.5. The lowest BCUT2D eigenvalue weighted by molar-refractivity contribution is -0.140. The molecule has 0 saturated carbocycles. The first-order valence-electron chi connectivity index (χ1n) is 8.93. The van der Waals surface area contributed by atoms with Gasteiger partial charge in [-0.3, -0.25) is 9.59 Å². The Morgan fingerprint density at radius 2 is 1.66 bits per heavy atom. The van der Waals surface area contributed by atoms with Gasteiger partial charge >= 0.3 is 0 Å². The van der Waals surface area contributed by atoms with E-state index < -0.39 is 28.5 Å². The fourth-order valence-electron chi connectivity index (χ4n) is 2.72. The van der Waals surface area contributed by atoms with Crippen LogP contribution < -0.4 is 5.32 Å². The summed E-state index contributed by atoms with van der Waals surface area (Å²) in [7, 11) is -1.07. The van der Waals surface area contributed by atoms with Crippen molar-refractivity contribution in [1.82, 2.24) is 14.5 Å². The van der Waals surface area contributed by atoms with Gasteiger partial charge in [-0.2, -0.15) is 4.31 Å². The molecule has 7 nitrogen and oxygen atoms in total. The van der Waals surface area contributed by atoms with Gasteiger partial charge in [-0.25, -0.2) is 8.42 Å². The van der Waals surface area contributed by atoms with Crippen LogP contribution in [0, 0.1) is 0 Å². The van der Waals surface area contributed by atoms with Crippen LogP contribution in [-0.4, -0.2) is 56.1 Å². The number of nitrogens with zero attached hydrogens (tertiary/aromatic N) is 2. The number of hydrogen-bond donors (Lipinski definition) is 1. The van der Waals surface area contributed by atoms with E-state index in [0.29, 0.717) is 5.02 Å².